The second-order valence-corrected chi connectivity index (χ2v) is 8.27. The number of aliphatic carboxylic acids is 2. The second kappa shape index (κ2) is 8.90. The standard InChI is InChI=1S/C22H29F2NO6/c1-6-14-15(8-13(23)9-16(14)24)18-21(5,19(27)28)11(3)25-17(10-31-12(4)26)22(18,7-2)20(29)30/h8-9,11,17-18,25H,6-7,10H2,1-5H3,(H,27,28)(H,29,30). The van der Waals surface area contributed by atoms with Crippen molar-refractivity contribution in [3.63, 3.8) is 0 Å². The number of piperidine rings is 1. The van der Waals surface area contributed by atoms with Gasteiger partial charge in [0.1, 0.15) is 18.2 Å². The molecule has 0 amide bonds. The van der Waals surface area contributed by atoms with Crippen molar-refractivity contribution in [3.8, 4) is 0 Å². The lowest BCUT2D eigenvalue weighted by Gasteiger charge is -2.56. The SMILES string of the molecule is CCc1c(F)cc(F)cc1C1C(C)(C(=O)O)C(C)NC(COC(C)=O)C1(CC)C(=O)O. The Morgan fingerprint density at radius 1 is 1.16 bits per heavy atom. The number of rotatable bonds is 7. The van der Waals surface area contributed by atoms with E-state index in [2.05, 4.69) is 5.32 Å². The van der Waals surface area contributed by atoms with E-state index in [1.54, 1.807) is 20.8 Å². The number of carboxylic acids is 2. The predicted molar refractivity (Wildman–Crippen MR) is 108 cm³/mol. The van der Waals surface area contributed by atoms with Crippen LogP contribution in [-0.2, 0) is 25.5 Å². The van der Waals surface area contributed by atoms with Gasteiger partial charge in [0.2, 0.25) is 0 Å². The van der Waals surface area contributed by atoms with Crippen LogP contribution in [0.15, 0.2) is 12.1 Å². The molecule has 5 atom stereocenters. The molecule has 7 nitrogen and oxygen atoms in total. The van der Waals surface area contributed by atoms with Crippen molar-refractivity contribution in [2.75, 3.05) is 6.61 Å². The number of nitrogens with one attached hydrogen (secondary N) is 1. The molecule has 0 aliphatic carbocycles. The number of hydrogen-bond donors (Lipinski definition) is 3. The Bertz CT molecular complexity index is 891. The van der Waals surface area contributed by atoms with E-state index in [4.69, 9.17) is 4.74 Å². The number of carbonyl (C=O) groups excluding carboxylic acids is 1. The van der Waals surface area contributed by atoms with Crippen LogP contribution in [-0.4, -0.2) is 46.8 Å². The highest BCUT2D eigenvalue weighted by molar-refractivity contribution is 5.84. The number of carboxylic acid groups (broad SMARTS) is 2. The van der Waals surface area contributed by atoms with Crippen molar-refractivity contribution in [3.05, 3.63) is 34.9 Å². The number of esters is 1. The Hall–Kier alpha value is -2.55. The van der Waals surface area contributed by atoms with E-state index >= 15 is 0 Å². The molecule has 0 radical (unpaired) electrons. The summed E-state index contributed by atoms with van der Waals surface area (Å²) < 4.78 is 34.1. The normalized spacial score (nSPS) is 30.6. The molecule has 31 heavy (non-hydrogen) atoms. The molecule has 1 aliphatic heterocycles. The summed E-state index contributed by atoms with van der Waals surface area (Å²) in [5.74, 6) is -6.35. The van der Waals surface area contributed by atoms with Crippen LogP contribution in [0.25, 0.3) is 0 Å². The van der Waals surface area contributed by atoms with E-state index in [1.807, 2.05) is 0 Å². The molecule has 1 aliphatic rings. The first-order valence-electron chi connectivity index (χ1n) is 10.2. The van der Waals surface area contributed by atoms with E-state index in [0.29, 0.717) is 6.07 Å². The molecule has 1 fully saturated rings. The molecule has 1 aromatic rings. The molecule has 2 rings (SSSR count). The van der Waals surface area contributed by atoms with Crippen molar-refractivity contribution in [2.24, 2.45) is 10.8 Å². The average molecular weight is 441 g/mol. The maximum absolute atomic E-state index is 14.7. The zero-order valence-corrected chi connectivity index (χ0v) is 18.3. The van der Waals surface area contributed by atoms with E-state index in [-0.39, 0.29) is 30.6 Å². The van der Waals surface area contributed by atoms with Crippen molar-refractivity contribution >= 4 is 17.9 Å². The first-order chi connectivity index (χ1) is 14.4. The predicted octanol–water partition coefficient (Wildman–Crippen LogP) is 3.11. The van der Waals surface area contributed by atoms with Crippen LogP contribution in [0.4, 0.5) is 8.78 Å². The Balaban J connectivity index is 2.94. The molecule has 0 aromatic heterocycles. The third kappa shape index (κ3) is 3.91. The maximum Gasteiger partial charge on any atom is 0.312 e. The van der Waals surface area contributed by atoms with Crippen molar-refractivity contribution in [1.29, 1.82) is 0 Å². The summed E-state index contributed by atoms with van der Waals surface area (Å²) in [6.07, 6.45) is 0.0479. The molecule has 0 bridgehead atoms. The van der Waals surface area contributed by atoms with Gasteiger partial charge in [-0.15, -0.1) is 0 Å². The van der Waals surface area contributed by atoms with Crippen LogP contribution in [0.5, 0.6) is 0 Å². The summed E-state index contributed by atoms with van der Waals surface area (Å²) >= 11 is 0. The lowest BCUT2D eigenvalue weighted by Crippen LogP contribution is -2.70. The first-order valence-corrected chi connectivity index (χ1v) is 10.2. The fourth-order valence-electron chi connectivity index (χ4n) is 5.04. The molecule has 172 valence electrons. The quantitative estimate of drug-likeness (QED) is 0.557. The van der Waals surface area contributed by atoms with Gasteiger partial charge in [0.25, 0.3) is 0 Å². The molecule has 5 unspecified atom stereocenters. The fourth-order valence-corrected chi connectivity index (χ4v) is 5.04. The average Bonchev–Trinajstić information content (AvgIpc) is 2.67. The minimum Gasteiger partial charge on any atom is -0.481 e. The molecule has 3 N–H and O–H groups in total. The van der Waals surface area contributed by atoms with Gasteiger partial charge < -0.3 is 20.3 Å². The van der Waals surface area contributed by atoms with E-state index in [0.717, 1.165) is 6.07 Å². The highest BCUT2D eigenvalue weighted by Gasteiger charge is 2.66. The van der Waals surface area contributed by atoms with Gasteiger partial charge in [0.05, 0.1) is 16.9 Å². The summed E-state index contributed by atoms with van der Waals surface area (Å²) in [6, 6.07) is -0.0504. The number of carbonyl (C=O) groups is 3. The van der Waals surface area contributed by atoms with Crippen LogP contribution >= 0.6 is 0 Å². The highest BCUT2D eigenvalue weighted by Crippen LogP contribution is 2.57. The van der Waals surface area contributed by atoms with Crippen molar-refractivity contribution in [1.82, 2.24) is 5.32 Å². The van der Waals surface area contributed by atoms with Gasteiger partial charge in [0, 0.05) is 24.9 Å². The molecule has 0 spiro atoms. The van der Waals surface area contributed by atoms with Crippen LogP contribution in [0.3, 0.4) is 0 Å². The Labute approximate surface area is 179 Å². The number of benzene rings is 1. The van der Waals surface area contributed by atoms with E-state index in [1.165, 1.54) is 13.8 Å². The van der Waals surface area contributed by atoms with Crippen LogP contribution < -0.4 is 5.32 Å². The number of halogens is 2. The molecule has 1 saturated heterocycles. The summed E-state index contributed by atoms with van der Waals surface area (Å²) in [5.41, 5.74) is -3.47. The van der Waals surface area contributed by atoms with Crippen molar-refractivity contribution < 1.29 is 38.1 Å². The monoisotopic (exact) mass is 441 g/mol. The lowest BCUT2D eigenvalue weighted by atomic mass is 9.51. The molecule has 1 heterocycles. The summed E-state index contributed by atoms with van der Waals surface area (Å²) in [4.78, 5) is 36.7. The molecular weight excluding hydrogens is 412 g/mol. The molecule has 9 heteroatoms. The summed E-state index contributed by atoms with van der Waals surface area (Å²) in [7, 11) is 0. The van der Waals surface area contributed by atoms with Gasteiger partial charge in [-0.25, -0.2) is 8.78 Å². The largest absolute Gasteiger partial charge is 0.481 e. The fraction of sp³-hybridized carbons (Fsp3) is 0.591. The van der Waals surface area contributed by atoms with Gasteiger partial charge in [-0.2, -0.15) is 0 Å². The van der Waals surface area contributed by atoms with Gasteiger partial charge in [-0.3, -0.25) is 14.4 Å². The zero-order chi connectivity index (χ0) is 23.7. The molecular formula is C22H29F2NO6. The minimum atomic E-state index is -1.82. The van der Waals surface area contributed by atoms with Crippen molar-refractivity contribution in [2.45, 2.75) is 65.5 Å². The number of ether oxygens (including phenoxy) is 1. The highest BCUT2D eigenvalue weighted by atomic mass is 19.1. The molecule has 0 saturated carbocycles. The Kier molecular flexibility index (Phi) is 7.10. The number of hydrogen-bond acceptors (Lipinski definition) is 5. The third-order valence-electron chi connectivity index (χ3n) is 6.84. The van der Waals surface area contributed by atoms with Gasteiger partial charge in [-0.05, 0) is 43.9 Å². The lowest BCUT2D eigenvalue weighted by molar-refractivity contribution is -0.175. The molecule has 1 aromatic carbocycles. The zero-order valence-electron chi connectivity index (χ0n) is 18.3. The Morgan fingerprint density at radius 2 is 1.77 bits per heavy atom. The second-order valence-electron chi connectivity index (χ2n) is 8.27. The van der Waals surface area contributed by atoms with Gasteiger partial charge in [0.15, 0.2) is 0 Å². The summed E-state index contributed by atoms with van der Waals surface area (Å²) in [5, 5.41) is 23.6. The third-order valence-corrected chi connectivity index (χ3v) is 6.84. The minimum absolute atomic E-state index is 0.00956. The Morgan fingerprint density at radius 3 is 2.23 bits per heavy atom. The van der Waals surface area contributed by atoms with Crippen LogP contribution in [0.2, 0.25) is 0 Å². The van der Waals surface area contributed by atoms with E-state index in [9.17, 15) is 33.4 Å². The topological polar surface area (TPSA) is 113 Å². The summed E-state index contributed by atoms with van der Waals surface area (Å²) in [6.45, 7) is 7.01. The van der Waals surface area contributed by atoms with Crippen LogP contribution in [0.1, 0.15) is 58.1 Å². The smallest absolute Gasteiger partial charge is 0.312 e. The van der Waals surface area contributed by atoms with Crippen LogP contribution in [0, 0.1) is 22.5 Å². The van der Waals surface area contributed by atoms with E-state index < -0.39 is 58.4 Å². The first kappa shape index (κ1) is 24.7. The maximum atomic E-state index is 14.7. The van der Waals surface area contributed by atoms with Gasteiger partial charge >= 0.3 is 17.9 Å². The van der Waals surface area contributed by atoms with Gasteiger partial charge in [-0.1, -0.05) is 13.8 Å².